The normalized spacial score (nSPS) is 30.3. The minimum atomic E-state index is -0.181. The molecule has 6 atom stereocenters. The molecule has 4 aromatic rings. The van der Waals surface area contributed by atoms with E-state index in [1.165, 1.54) is 63.7 Å². The fraction of sp³-hybridized carbons (Fsp3) is 0.306. The first-order valence-corrected chi connectivity index (χ1v) is 21.5. The van der Waals surface area contributed by atoms with E-state index in [1.54, 1.807) is 27.2 Å². The second-order valence-corrected chi connectivity index (χ2v) is 18.3. The molecule has 0 amide bonds. The zero-order valence-corrected chi connectivity index (χ0v) is 31.3. The van der Waals surface area contributed by atoms with Gasteiger partial charge in [-0.15, -0.1) is 11.8 Å². The number of thioether (sulfide) groups is 2. The Morgan fingerprint density at radius 3 is 2.52 bits per heavy atom. The predicted octanol–water partition coefficient (Wildman–Crippen LogP) is 13.5. The van der Waals surface area contributed by atoms with Gasteiger partial charge < -0.3 is 4.57 Å². The van der Waals surface area contributed by atoms with Gasteiger partial charge in [-0.3, -0.25) is 0 Å². The van der Waals surface area contributed by atoms with Crippen LogP contribution >= 0.6 is 23.5 Å². The maximum atomic E-state index is 2.68. The van der Waals surface area contributed by atoms with E-state index in [1.807, 2.05) is 0 Å². The highest BCUT2D eigenvalue weighted by Gasteiger charge is 2.59. The Balaban J connectivity index is 1.22. The summed E-state index contributed by atoms with van der Waals surface area (Å²) in [5, 5.41) is 3.87. The van der Waals surface area contributed by atoms with Gasteiger partial charge in [0.1, 0.15) is 0 Å². The van der Waals surface area contributed by atoms with Crippen LogP contribution in [0.4, 0.5) is 0 Å². The molecule has 1 spiro atoms. The van der Waals surface area contributed by atoms with E-state index in [9.17, 15) is 0 Å². The molecule has 1 nitrogen and oxygen atoms in total. The summed E-state index contributed by atoms with van der Waals surface area (Å²) in [6.07, 6.45) is 39.9. The number of para-hydroxylation sites is 2. The summed E-state index contributed by atoms with van der Waals surface area (Å²) in [7, 11) is 0. The van der Waals surface area contributed by atoms with Crippen LogP contribution in [0.15, 0.2) is 155 Å². The quantitative estimate of drug-likeness (QED) is 0.195. The third-order valence-electron chi connectivity index (χ3n) is 13.2. The lowest BCUT2D eigenvalue weighted by atomic mass is 9.53. The van der Waals surface area contributed by atoms with Crippen LogP contribution in [0, 0.1) is 5.92 Å². The summed E-state index contributed by atoms with van der Waals surface area (Å²) in [5.41, 5.74) is 12.0. The molecule has 258 valence electrons. The number of allylic oxidation sites excluding steroid dienone is 14. The summed E-state index contributed by atoms with van der Waals surface area (Å²) < 4.78 is 2.65. The first-order chi connectivity index (χ1) is 25.8. The number of fused-ring (bicyclic) bond motifs is 10. The molecule has 3 heteroatoms. The highest BCUT2D eigenvalue weighted by atomic mass is 32.2. The van der Waals surface area contributed by atoms with E-state index in [0.717, 1.165) is 32.1 Å². The van der Waals surface area contributed by atoms with Crippen molar-refractivity contribution < 1.29 is 0 Å². The van der Waals surface area contributed by atoms with Crippen molar-refractivity contribution >= 4 is 51.0 Å². The van der Waals surface area contributed by atoms with Gasteiger partial charge >= 0.3 is 0 Å². The van der Waals surface area contributed by atoms with E-state index in [2.05, 4.69) is 162 Å². The average molecular weight is 712 g/mol. The highest BCUT2D eigenvalue weighted by molar-refractivity contribution is 8.03. The van der Waals surface area contributed by atoms with Gasteiger partial charge in [-0.25, -0.2) is 0 Å². The molecule has 1 saturated heterocycles. The molecule has 1 fully saturated rings. The second-order valence-electron chi connectivity index (χ2n) is 15.8. The van der Waals surface area contributed by atoms with Crippen molar-refractivity contribution in [3.63, 3.8) is 0 Å². The standard InChI is InChI=1S/C49H45NS2/c1-3-16-32(17-4-1)34-21-14-27-41-48(34)52-45-31-15-22-36(46(45)49(41)39-25-8-11-29-43(39)51-44-30-12-9-26-40(44)49)38-24-13-23-37-35-20-7-10-28-42(35)50(47(37)38)33-18-5-2-6-19-33/h1-3,5,7-11,13-15,18,20-21,23-28,31-32,36,40,43-44H,4,6,12,16-17,19,22,29-30H2. The van der Waals surface area contributed by atoms with Crippen molar-refractivity contribution in [2.45, 2.75) is 90.4 Å². The first-order valence-electron chi connectivity index (χ1n) is 19.8. The maximum absolute atomic E-state index is 2.68. The van der Waals surface area contributed by atoms with Crippen molar-refractivity contribution in [3.8, 4) is 0 Å². The SMILES string of the molecule is C1=CCCC(n2c3ccccc3c3cccc(C4CC=CC5=C4C4(C6=CC=CCC6SC6CCC=CC64)c4cccc(C6CC=CCC6)c4S5)c32)=C1. The summed E-state index contributed by atoms with van der Waals surface area (Å²) >= 11 is 4.41. The molecule has 7 aliphatic rings. The van der Waals surface area contributed by atoms with Crippen LogP contribution < -0.4 is 0 Å². The van der Waals surface area contributed by atoms with E-state index in [0.29, 0.717) is 22.3 Å². The maximum Gasteiger partial charge on any atom is 0.0576 e. The van der Waals surface area contributed by atoms with E-state index < -0.39 is 0 Å². The molecule has 3 heterocycles. The highest BCUT2D eigenvalue weighted by Crippen LogP contribution is 2.68. The summed E-state index contributed by atoms with van der Waals surface area (Å²) in [6.45, 7) is 0. The minimum Gasteiger partial charge on any atom is -0.313 e. The van der Waals surface area contributed by atoms with Crippen LogP contribution in [0.25, 0.3) is 27.5 Å². The Morgan fingerprint density at radius 2 is 1.60 bits per heavy atom. The average Bonchev–Trinajstić information content (AvgIpc) is 3.56. The van der Waals surface area contributed by atoms with Gasteiger partial charge in [0.2, 0.25) is 0 Å². The number of nitrogens with zero attached hydrogens (tertiary/aromatic N) is 1. The molecule has 6 unspecified atom stereocenters. The fourth-order valence-corrected chi connectivity index (χ4v) is 14.4. The van der Waals surface area contributed by atoms with E-state index >= 15 is 0 Å². The number of hydrogen-bond donors (Lipinski definition) is 0. The summed E-state index contributed by atoms with van der Waals surface area (Å²) in [4.78, 5) is 3.08. The molecule has 1 aromatic heterocycles. The Bertz CT molecular complexity index is 2390. The number of aromatic nitrogens is 1. The van der Waals surface area contributed by atoms with Crippen molar-refractivity contribution in [2.24, 2.45) is 5.92 Å². The molecule has 3 aromatic carbocycles. The monoisotopic (exact) mass is 711 g/mol. The lowest BCUT2D eigenvalue weighted by Gasteiger charge is -2.58. The van der Waals surface area contributed by atoms with Gasteiger partial charge in [0.25, 0.3) is 0 Å². The van der Waals surface area contributed by atoms with Gasteiger partial charge in [0.15, 0.2) is 0 Å². The molecule has 52 heavy (non-hydrogen) atoms. The Labute approximate surface area is 316 Å². The molecule has 11 rings (SSSR count). The molecule has 0 saturated carbocycles. The largest absolute Gasteiger partial charge is 0.313 e. The van der Waals surface area contributed by atoms with Gasteiger partial charge in [-0.2, -0.15) is 0 Å². The van der Waals surface area contributed by atoms with Gasteiger partial charge in [-0.05, 0) is 104 Å². The number of benzene rings is 3. The van der Waals surface area contributed by atoms with Crippen molar-refractivity contribution in [3.05, 3.63) is 166 Å². The zero-order valence-electron chi connectivity index (χ0n) is 29.7. The summed E-state index contributed by atoms with van der Waals surface area (Å²) in [6, 6.07) is 23.9. The van der Waals surface area contributed by atoms with Gasteiger partial charge in [0.05, 0.1) is 11.0 Å². The lowest BCUT2D eigenvalue weighted by Crippen LogP contribution is -2.53. The summed E-state index contributed by atoms with van der Waals surface area (Å²) in [5.74, 6) is 1.29. The molecule has 0 N–H and O–H groups in total. The van der Waals surface area contributed by atoms with Crippen LogP contribution in [0.3, 0.4) is 0 Å². The third kappa shape index (κ3) is 4.57. The lowest BCUT2D eigenvalue weighted by molar-refractivity contribution is 0.350. The van der Waals surface area contributed by atoms with Crippen LogP contribution in [0.2, 0.25) is 0 Å². The van der Waals surface area contributed by atoms with E-state index in [4.69, 9.17) is 0 Å². The van der Waals surface area contributed by atoms with Crippen molar-refractivity contribution in [1.29, 1.82) is 0 Å². The predicted molar refractivity (Wildman–Crippen MR) is 224 cm³/mol. The third-order valence-corrected chi connectivity index (χ3v) is 16.1. The number of rotatable bonds is 3. The van der Waals surface area contributed by atoms with E-state index in [-0.39, 0.29) is 11.3 Å². The number of hydrogen-bond acceptors (Lipinski definition) is 2. The van der Waals surface area contributed by atoms with Crippen LogP contribution in [0.1, 0.15) is 86.3 Å². The first kappa shape index (κ1) is 31.6. The van der Waals surface area contributed by atoms with Gasteiger partial charge in [0, 0.05) is 54.0 Å². The van der Waals surface area contributed by atoms with Crippen molar-refractivity contribution in [1.82, 2.24) is 4.57 Å². The molecular formula is C49H45NS2. The van der Waals surface area contributed by atoms with Crippen LogP contribution in [-0.4, -0.2) is 15.1 Å². The molecular weight excluding hydrogens is 667 g/mol. The topological polar surface area (TPSA) is 4.93 Å². The molecule has 0 radical (unpaired) electrons. The second kappa shape index (κ2) is 12.6. The molecule has 5 aliphatic carbocycles. The minimum absolute atomic E-state index is 0.181. The zero-order chi connectivity index (χ0) is 34.2. The molecule has 0 bridgehead atoms. The Kier molecular flexibility index (Phi) is 7.65. The Hall–Kier alpha value is -3.92. The fourth-order valence-electron chi connectivity index (χ4n) is 11.1. The van der Waals surface area contributed by atoms with Crippen LogP contribution in [-0.2, 0) is 5.41 Å². The Morgan fingerprint density at radius 1 is 0.712 bits per heavy atom. The smallest absolute Gasteiger partial charge is 0.0576 e. The van der Waals surface area contributed by atoms with Crippen molar-refractivity contribution in [2.75, 3.05) is 0 Å². The van der Waals surface area contributed by atoms with Crippen LogP contribution in [0.5, 0.6) is 0 Å². The van der Waals surface area contributed by atoms with Gasteiger partial charge in [-0.1, -0.05) is 133 Å². The molecule has 2 aliphatic heterocycles.